The molecular weight excluding hydrogens is 222 g/mol. The summed E-state index contributed by atoms with van der Waals surface area (Å²) >= 11 is 0. The molecule has 1 aromatic rings. The third-order valence-corrected chi connectivity index (χ3v) is 3.45. The zero-order valence-corrected chi connectivity index (χ0v) is 9.83. The summed E-state index contributed by atoms with van der Waals surface area (Å²) < 4.78 is 26.0. The van der Waals surface area contributed by atoms with E-state index in [9.17, 15) is 8.78 Å². The molecule has 0 unspecified atom stereocenters. The third-order valence-electron chi connectivity index (χ3n) is 3.45. The molecule has 0 spiro atoms. The summed E-state index contributed by atoms with van der Waals surface area (Å²) in [5, 5.41) is 0. The van der Waals surface area contributed by atoms with Crippen LogP contribution >= 0.6 is 0 Å². The summed E-state index contributed by atoms with van der Waals surface area (Å²) in [6.07, 6.45) is 1.98. The third kappa shape index (κ3) is 3.01. The lowest BCUT2D eigenvalue weighted by atomic mass is 9.89. The van der Waals surface area contributed by atoms with Crippen LogP contribution in [0.15, 0.2) is 18.2 Å². The van der Waals surface area contributed by atoms with Crippen molar-refractivity contribution < 1.29 is 8.78 Å². The molecule has 4 heteroatoms. The van der Waals surface area contributed by atoms with E-state index >= 15 is 0 Å². The number of likely N-dealkylation sites (tertiary alicyclic amines) is 1. The molecule has 17 heavy (non-hydrogen) atoms. The number of halogens is 2. The Bertz CT molecular complexity index is 374. The molecule has 94 valence electrons. The van der Waals surface area contributed by atoms with Gasteiger partial charge in [0.25, 0.3) is 0 Å². The lowest BCUT2D eigenvalue weighted by Crippen LogP contribution is -2.36. The van der Waals surface area contributed by atoms with Gasteiger partial charge in [0.2, 0.25) is 0 Å². The Labute approximate surface area is 100 Å². The van der Waals surface area contributed by atoms with E-state index in [-0.39, 0.29) is 0 Å². The maximum atomic E-state index is 13.1. The molecule has 0 atom stereocenters. The molecule has 0 bridgehead atoms. The first-order chi connectivity index (χ1) is 8.20. The molecule has 0 radical (unpaired) electrons. The number of nitrogens with two attached hydrogens (primary N) is 1. The summed E-state index contributed by atoms with van der Waals surface area (Å²) in [6.45, 7) is 3.57. The van der Waals surface area contributed by atoms with Crippen molar-refractivity contribution in [1.29, 1.82) is 0 Å². The predicted molar refractivity (Wildman–Crippen MR) is 63.8 cm³/mol. The first-order valence-electron chi connectivity index (χ1n) is 6.08. The lowest BCUT2D eigenvalue weighted by Gasteiger charge is -2.31. The summed E-state index contributed by atoms with van der Waals surface area (Å²) in [5.74, 6) is -1.17. The van der Waals surface area contributed by atoms with Crippen molar-refractivity contribution in [2.45, 2.75) is 18.8 Å². The van der Waals surface area contributed by atoms with Crippen LogP contribution in [0.1, 0.15) is 24.3 Å². The molecule has 0 amide bonds. The van der Waals surface area contributed by atoms with E-state index in [0.717, 1.165) is 38.0 Å². The van der Waals surface area contributed by atoms with Crippen LogP contribution in [0.3, 0.4) is 0 Å². The van der Waals surface area contributed by atoms with E-state index in [4.69, 9.17) is 5.73 Å². The van der Waals surface area contributed by atoms with Gasteiger partial charge >= 0.3 is 0 Å². The fraction of sp³-hybridized carbons (Fsp3) is 0.538. The maximum absolute atomic E-state index is 13.1. The quantitative estimate of drug-likeness (QED) is 0.876. The number of hydrogen-bond donors (Lipinski definition) is 1. The molecule has 1 aromatic carbocycles. The number of hydrogen-bond acceptors (Lipinski definition) is 2. The van der Waals surface area contributed by atoms with Gasteiger partial charge in [-0.3, -0.25) is 0 Å². The van der Waals surface area contributed by atoms with Gasteiger partial charge in [0, 0.05) is 13.1 Å². The van der Waals surface area contributed by atoms with Gasteiger partial charge in [-0.1, -0.05) is 6.07 Å². The number of nitrogens with zero attached hydrogens (tertiary/aromatic N) is 1. The normalized spacial score (nSPS) is 18.5. The van der Waals surface area contributed by atoms with Gasteiger partial charge in [-0.05, 0) is 49.5 Å². The van der Waals surface area contributed by atoms with E-state index in [2.05, 4.69) is 4.90 Å². The number of benzene rings is 1. The highest BCUT2D eigenvalue weighted by Gasteiger charge is 2.20. The van der Waals surface area contributed by atoms with Gasteiger partial charge in [0.1, 0.15) is 0 Å². The van der Waals surface area contributed by atoms with E-state index < -0.39 is 11.6 Å². The van der Waals surface area contributed by atoms with Crippen LogP contribution in [0.5, 0.6) is 0 Å². The maximum Gasteiger partial charge on any atom is 0.159 e. The van der Waals surface area contributed by atoms with Gasteiger partial charge in [-0.25, -0.2) is 8.78 Å². The van der Waals surface area contributed by atoms with Crippen molar-refractivity contribution in [2.24, 2.45) is 5.73 Å². The standard InChI is InChI=1S/C13H18F2N2/c14-12-2-1-11(9-13(12)15)10-3-6-17(7-4-10)8-5-16/h1-2,9-10H,3-8,16H2. The van der Waals surface area contributed by atoms with Crippen molar-refractivity contribution in [2.75, 3.05) is 26.2 Å². The highest BCUT2D eigenvalue weighted by atomic mass is 19.2. The van der Waals surface area contributed by atoms with E-state index in [0.29, 0.717) is 12.5 Å². The van der Waals surface area contributed by atoms with Crippen LogP contribution in [0.4, 0.5) is 8.78 Å². The van der Waals surface area contributed by atoms with Crippen molar-refractivity contribution in [3.05, 3.63) is 35.4 Å². The second-order valence-corrected chi connectivity index (χ2v) is 4.58. The number of rotatable bonds is 3. The Kier molecular flexibility index (Phi) is 4.07. The van der Waals surface area contributed by atoms with Crippen LogP contribution < -0.4 is 5.73 Å². The highest BCUT2D eigenvalue weighted by molar-refractivity contribution is 5.22. The second-order valence-electron chi connectivity index (χ2n) is 4.58. The van der Waals surface area contributed by atoms with Crippen molar-refractivity contribution in [1.82, 2.24) is 4.90 Å². The minimum atomic E-state index is -0.769. The Morgan fingerprint density at radius 3 is 2.47 bits per heavy atom. The van der Waals surface area contributed by atoms with Gasteiger partial charge in [-0.2, -0.15) is 0 Å². The molecule has 1 heterocycles. The van der Waals surface area contributed by atoms with Crippen LogP contribution in [0, 0.1) is 11.6 Å². The SMILES string of the molecule is NCCN1CCC(c2ccc(F)c(F)c2)CC1. The molecule has 1 aliphatic heterocycles. The van der Waals surface area contributed by atoms with Crippen molar-refractivity contribution in [3.8, 4) is 0 Å². The molecule has 2 N–H and O–H groups in total. The summed E-state index contributed by atoms with van der Waals surface area (Å²) in [4.78, 5) is 2.32. The molecule has 1 fully saturated rings. The Morgan fingerprint density at radius 1 is 1.18 bits per heavy atom. The largest absolute Gasteiger partial charge is 0.329 e. The van der Waals surface area contributed by atoms with Crippen molar-refractivity contribution in [3.63, 3.8) is 0 Å². The molecule has 1 aliphatic rings. The first kappa shape index (κ1) is 12.5. The van der Waals surface area contributed by atoms with Gasteiger partial charge in [0.05, 0.1) is 0 Å². The molecule has 2 rings (SSSR count). The number of piperidine rings is 1. The molecule has 2 nitrogen and oxygen atoms in total. The van der Waals surface area contributed by atoms with Crippen LogP contribution in [0.25, 0.3) is 0 Å². The molecule has 0 aliphatic carbocycles. The molecule has 0 aromatic heterocycles. The van der Waals surface area contributed by atoms with Crippen LogP contribution in [-0.2, 0) is 0 Å². The fourth-order valence-corrected chi connectivity index (χ4v) is 2.44. The van der Waals surface area contributed by atoms with E-state index in [1.165, 1.54) is 12.1 Å². The highest BCUT2D eigenvalue weighted by Crippen LogP contribution is 2.28. The zero-order valence-electron chi connectivity index (χ0n) is 9.83. The Hall–Kier alpha value is -1.00. The average molecular weight is 240 g/mol. The topological polar surface area (TPSA) is 29.3 Å². The van der Waals surface area contributed by atoms with Gasteiger partial charge < -0.3 is 10.6 Å². The Balaban J connectivity index is 1.98. The smallest absolute Gasteiger partial charge is 0.159 e. The zero-order chi connectivity index (χ0) is 12.3. The molecular formula is C13H18F2N2. The molecule has 0 saturated carbocycles. The van der Waals surface area contributed by atoms with Gasteiger partial charge in [-0.15, -0.1) is 0 Å². The molecule has 1 saturated heterocycles. The average Bonchev–Trinajstić information content (AvgIpc) is 2.34. The van der Waals surface area contributed by atoms with E-state index in [1.807, 2.05) is 0 Å². The van der Waals surface area contributed by atoms with Crippen LogP contribution in [-0.4, -0.2) is 31.1 Å². The summed E-state index contributed by atoms with van der Waals surface area (Å²) in [6, 6.07) is 4.25. The minimum absolute atomic E-state index is 0.346. The fourth-order valence-electron chi connectivity index (χ4n) is 2.44. The van der Waals surface area contributed by atoms with Gasteiger partial charge in [0.15, 0.2) is 11.6 Å². The monoisotopic (exact) mass is 240 g/mol. The van der Waals surface area contributed by atoms with E-state index in [1.54, 1.807) is 6.07 Å². The Morgan fingerprint density at radius 2 is 1.88 bits per heavy atom. The van der Waals surface area contributed by atoms with Crippen molar-refractivity contribution >= 4 is 0 Å². The lowest BCUT2D eigenvalue weighted by molar-refractivity contribution is 0.217. The predicted octanol–water partition coefficient (Wildman–Crippen LogP) is 2.10. The van der Waals surface area contributed by atoms with Crippen LogP contribution in [0.2, 0.25) is 0 Å². The summed E-state index contributed by atoms with van der Waals surface area (Å²) in [5.41, 5.74) is 6.42. The second kappa shape index (κ2) is 5.56. The first-order valence-corrected chi connectivity index (χ1v) is 6.08. The minimum Gasteiger partial charge on any atom is -0.329 e. The summed E-state index contributed by atoms with van der Waals surface area (Å²) in [7, 11) is 0.